The maximum absolute atomic E-state index is 12.6. The van der Waals surface area contributed by atoms with Crippen LogP contribution in [0.4, 0.5) is 0 Å². The fourth-order valence-corrected chi connectivity index (χ4v) is 5.92. The second-order valence-electron chi connectivity index (χ2n) is 10.2. The van der Waals surface area contributed by atoms with Gasteiger partial charge in [-0.1, -0.05) is 6.07 Å². The number of aromatic carboxylic acids is 1. The highest BCUT2D eigenvalue weighted by Gasteiger charge is 2.39. The number of nitriles is 1. The first-order valence-corrected chi connectivity index (χ1v) is 12.5. The van der Waals surface area contributed by atoms with E-state index < -0.39 is 5.97 Å². The lowest BCUT2D eigenvalue weighted by Gasteiger charge is -2.30. The van der Waals surface area contributed by atoms with E-state index in [9.17, 15) is 14.9 Å². The maximum Gasteiger partial charge on any atom is 0.335 e. The average molecular weight is 510 g/mol. The molecule has 2 N–H and O–H groups in total. The molecule has 2 aromatic rings. The Morgan fingerprint density at radius 1 is 1.08 bits per heavy atom. The Kier molecular flexibility index (Phi) is 8.17. The van der Waals surface area contributed by atoms with Crippen molar-refractivity contribution < 1.29 is 19.4 Å². The van der Waals surface area contributed by atoms with Crippen LogP contribution in [0.25, 0.3) is 0 Å². The fourth-order valence-electron chi connectivity index (χ4n) is 5.92. The van der Waals surface area contributed by atoms with Crippen LogP contribution in [0.1, 0.15) is 69.9 Å². The van der Waals surface area contributed by atoms with Crippen LogP contribution in [-0.4, -0.2) is 54.2 Å². The summed E-state index contributed by atoms with van der Waals surface area (Å²) in [6, 6.07) is 14.4. The zero-order valence-electron chi connectivity index (χ0n) is 20.2. The van der Waals surface area contributed by atoms with E-state index >= 15 is 0 Å². The monoisotopic (exact) mass is 509 g/mol. The van der Waals surface area contributed by atoms with Crippen LogP contribution in [0.15, 0.2) is 42.5 Å². The van der Waals surface area contributed by atoms with Crippen molar-refractivity contribution in [2.24, 2.45) is 11.8 Å². The minimum Gasteiger partial charge on any atom is -0.493 e. The van der Waals surface area contributed by atoms with Crippen LogP contribution < -0.4 is 10.1 Å². The molecule has 2 aromatic carbocycles. The molecule has 36 heavy (non-hydrogen) atoms. The topological polar surface area (TPSA) is 103 Å². The molecule has 1 amide bonds. The molecule has 7 nitrogen and oxygen atoms in total. The van der Waals surface area contributed by atoms with Gasteiger partial charge in [-0.2, -0.15) is 5.26 Å². The Labute approximate surface area is 217 Å². The highest BCUT2D eigenvalue weighted by Crippen LogP contribution is 2.42. The number of likely N-dealkylation sites (tertiary alicyclic amines) is 1. The predicted octanol–water partition coefficient (Wildman–Crippen LogP) is 4.46. The molecular weight excluding hydrogens is 478 g/mol. The summed E-state index contributed by atoms with van der Waals surface area (Å²) in [5.74, 6) is 1.30. The average Bonchev–Trinajstić information content (AvgIpc) is 3.32. The van der Waals surface area contributed by atoms with Gasteiger partial charge in [0.15, 0.2) is 0 Å². The van der Waals surface area contributed by atoms with Crippen LogP contribution in [0.2, 0.25) is 0 Å². The largest absolute Gasteiger partial charge is 0.493 e. The van der Waals surface area contributed by atoms with Gasteiger partial charge in [-0.25, -0.2) is 4.79 Å². The minimum absolute atomic E-state index is 0. The smallest absolute Gasteiger partial charge is 0.335 e. The van der Waals surface area contributed by atoms with Gasteiger partial charge in [-0.05, 0) is 81.0 Å². The minimum atomic E-state index is -1.03. The molecule has 1 saturated heterocycles. The molecule has 3 aliphatic rings. The predicted molar refractivity (Wildman–Crippen MR) is 138 cm³/mol. The van der Waals surface area contributed by atoms with Gasteiger partial charge in [0, 0.05) is 42.1 Å². The lowest BCUT2D eigenvalue weighted by atomic mass is 9.84. The van der Waals surface area contributed by atoms with Gasteiger partial charge in [0.25, 0.3) is 5.91 Å². The number of fused-ring (bicyclic) bond motifs is 3. The summed E-state index contributed by atoms with van der Waals surface area (Å²) in [5, 5.41) is 21.5. The summed E-state index contributed by atoms with van der Waals surface area (Å²) < 4.78 is 5.97. The number of nitrogens with zero attached hydrogens (tertiary/aromatic N) is 2. The number of rotatable bonds is 6. The SMILES string of the molecule is Cl.N#Cc1ccc2c(c1)[C@@H]1CN(CCC3CCC(NC(=O)c4cccc(C(=O)O)c4)CC3)C[C@H]1CO2. The first-order chi connectivity index (χ1) is 17.0. The van der Waals surface area contributed by atoms with Crippen molar-refractivity contribution in [2.75, 3.05) is 26.2 Å². The molecule has 190 valence electrons. The lowest BCUT2D eigenvalue weighted by molar-refractivity contribution is 0.0697. The zero-order valence-corrected chi connectivity index (χ0v) is 21.0. The molecule has 8 heteroatoms. The van der Waals surface area contributed by atoms with Crippen LogP contribution in [0.3, 0.4) is 0 Å². The van der Waals surface area contributed by atoms with E-state index in [2.05, 4.69) is 16.3 Å². The van der Waals surface area contributed by atoms with Gasteiger partial charge < -0.3 is 20.1 Å². The lowest BCUT2D eigenvalue weighted by Crippen LogP contribution is -2.38. The van der Waals surface area contributed by atoms with Crippen molar-refractivity contribution in [1.29, 1.82) is 5.26 Å². The molecule has 0 aromatic heterocycles. The molecule has 0 bridgehead atoms. The van der Waals surface area contributed by atoms with Crippen molar-refractivity contribution in [3.8, 4) is 11.8 Å². The summed E-state index contributed by atoms with van der Waals surface area (Å²) in [6.07, 6.45) is 5.26. The summed E-state index contributed by atoms with van der Waals surface area (Å²) in [7, 11) is 0. The third-order valence-corrected chi connectivity index (χ3v) is 7.92. The number of ether oxygens (including phenoxy) is 1. The van der Waals surface area contributed by atoms with Crippen molar-refractivity contribution >= 4 is 24.3 Å². The van der Waals surface area contributed by atoms with Crippen molar-refractivity contribution in [1.82, 2.24) is 10.2 Å². The number of carboxylic acid groups (broad SMARTS) is 1. The van der Waals surface area contributed by atoms with Crippen molar-refractivity contribution in [3.05, 3.63) is 64.7 Å². The van der Waals surface area contributed by atoms with Gasteiger partial charge in [-0.15, -0.1) is 12.4 Å². The molecule has 0 unspecified atom stereocenters. The fraction of sp³-hybridized carbons (Fsp3) is 0.464. The van der Waals surface area contributed by atoms with Crippen LogP contribution >= 0.6 is 12.4 Å². The van der Waals surface area contributed by atoms with E-state index in [4.69, 9.17) is 9.84 Å². The van der Waals surface area contributed by atoms with E-state index in [1.165, 1.54) is 17.7 Å². The molecule has 2 atom stereocenters. The molecule has 1 aliphatic carbocycles. The third-order valence-electron chi connectivity index (χ3n) is 7.92. The number of carbonyl (C=O) groups excluding carboxylic acids is 1. The van der Waals surface area contributed by atoms with E-state index in [0.29, 0.717) is 28.9 Å². The van der Waals surface area contributed by atoms with E-state index in [1.54, 1.807) is 12.1 Å². The maximum atomic E-state index is 12.6. The first-order valence-electron chi connectivity index (χ1n) is 12.5. The highest BCUT2D eigenvalue weighted by atomic mass is 35.5. The molecule has 2 heterocycles. The van der Waals surface area contributed by atoms with Crippen molar-refractivity contribution in [2.45, 2.75) is 44.1 Å². The van der Waals surface area contributed by atoms with Gasteiger partial charge in [0.1, 0.15) is 5.75 Å². The Morgan fingerprint density at radius 3 is 2.61 bits per heavy atom. The summed E-state index contributed by atoms with van der Waals surface area (Å²) in [6.45, 7) is 3.89. The Hall–Kier alpha value is -3.08. The second kappa shape index (κ2) is 11.3. The Morgan fingerprint density at radius 2 is 1.86 bits per heavy atom. The molecular formula is C28H32ClN3O4. The number of carboxylic acids is 1. The standard InChI is InChI=1S/C28H31N3O4.ClH/c29-14-19-6-9-26-24(12-19)25-16-31(15-22(25)17-35-26)11-10-18-4-7-23(8-5-18)30-27(32)20-2-1-3-21(13-20)28(33)34;/h1-3,6,9,12-13,18,22-23,25H,4-5,7-8,10-11,15-17H2,(H,30,32)(H,33,34);1H/t18?,22-,23?,25+;/m0./s1. The van der Waals surface area contributed by atoms with Gasteiger partial charge in [-0.3, -0.25) is 4.79 Å². The Balaban J connectivity index is 0.00000304. The van der Waals surface area contributed by atoms with Gasteiger partial charge >= 0.3 is 5.97 Å². The highest BCUT2D eigenvalue weighted by molar-refractivity contribution is 5.97. The van der Waals surface area contributed by atoms with Gasteiger partial charge in [0.05, 0.1) is 23.8 Å². The number of hydrogen-bond donors (Lipinski definition) is 2. The molecule has 0 spiro atoms. The van der Waals surface area contributed by atoms with Crippen LogP contribution in [0.5, 0.6) is 5.75 Å². The Bertz CT molecular complexity index is 1160. The number of hydrogen-bond acceptors (Lipinski definition) is 5. The van der Waals surface area contributed by atoms with E-state index in [0.717, 1.165) is 64.1 Å². The third kappa shape index (κ3) is 5.66. The number of amides is 1. The quantitative estimate of drug-likeness (QED) is 0.595. The zero-order chi connectivity index (χ0) is 24.4. The number of nitrogens with one attached hydrogen (secondary N) is 1. The van der Waals surface area contributed by atoms with E-state index in [-0.39, 0.29) is 29.9 Å². The van der Waals surface area contributed by atoms with E-state index in [1.807, 2.05) is 18.2 Å². The molecule has 0 radical (unpaired) electrons. The number of benzene rings is 2. The van der Waals surface area contributed by atoms with Crippen molar-refractivity contribution in [3.63, 3.8) is 0 Å². The summed E-state index contributed by atoms with van der Waals surface area (Å²) >= 11 is 0. The van der Waals surface area contributed by atoms with Gasteiger partial charge in [0.2, 0.25) is 0 Å². The summed E-state index contributed by atoms with van der Waals surface area (Å²) in [5.41, 5.74) is 2.41. The summed E-state index contributed by atoms with van der Waals surface area (Å²) in [4.78, 5) is 26.3. The normalized spacial score (nSPS) is 24.9. The van der Waals surface area contributed by atoms with Crippen LogP contribution in [-0.2, 0) is 0 Å². The molecule has 2 fully saturated rings. The molecule has 5 rings (SSSR count). The molecule has 2 aliphatic heterocycles. The second-order valence-corrected chi connectivity index (χ2v) is 10.2. The molecule has 1 saturated carbocycles. The number of carbonyl (C=O) groups is 2. The van der Waals surface area contributed by atoms with Crippen LogP contribution in [0, 0.1) is 23.2 Å². The number of halogens is 1. The first kappa shape index (κ1) is 26.0.